The Labute approximate surface area is 128 Å². The van der Waals surface area contributed by atoms with Gasteiger partial charge < -0.3 is 20.2 Å². The normalized spacial score (nSPS) is 11.7. The molecule has 2 rings (SSSR count). The zero-order valence-corrected chi connectivity index (χ0v) is 12.2. The van der Waals surface area contributed by atoms with Crippen LogP contribution in [0.4, 0.5) is 5.69 Å². The molecule has 0 bridgehead atoms. The summed E-state index contributed by atoms with van der Waals surface area (Å²) in [6, 6.07) is 8.85. The quantitative estimate of drug-likeness (QED) is 0.734. The van der Waals surface area contributed by atoms with Crippen molar-refractivity contribution in [3.8, 4) is 0 Å². The molecular formula is C16H18N2O4. The van der Waals surface area contributed by atoms with Gasteiger partial charge in [0, 0.05) is 17.8 Å². The molecule has 2 aromatic rings. The van der Waals surface area contributed by atoms with Crippen molar-refractivity contribution >= 4 is 17.5 Å². The summed E-state index contributed by atoms with van der Waals surface area (Å²) in [6.45, 7) is 2.03. The number of hydrogen-bond acceptors (Lipinski definition) is 4. The van der Waals surface area contributed by atoms with Gasteiger partial charge in [-0.1, -0.05) is 18.2 Å². The van der Waals surface area contributed by atoms with Gasteiger partial charge in [-0.15, -0.1) is 0 Å². The molecule has 2 amide bonds. The maximum Gasteiger partial charge on any atom is 0.313 e. The summed E-state index contributed by atoms with van der Waals surface area (Å²) in [6.07, 6.45) is 2.46. The Morgan fingerprint density at radius 3 is 2.68 bits per heavy atom. The summed E-state index contributed by atoms with van der Waals surface area (Å²) >= 11 is 0. The van der Waals surface area contributed by atoms with Crippen molar-refractivity contribution in [1.29, 1.82) is 0 Å². The lowest BCUT2D eigenvalue weighted by Crippen LogP contribution is -2.36. The Balaban J connectivity index is 1.77. The summed E-state index contributed by atoms with van der Waals surface area (Å²) in [7, 11) is 0. The minimum Gasteiger partial charge on any atom is -0.472 e. The number of amides is 2. The number of hydrogen-bond donors (Lipinski definition) is 3. The molecule has 0 saturated carbocycles. The van der Waals surface area contributed by atoms with Crippen LogP contribution in [0.3, 0.4) is 0 Å². The van der Waals surface area contributed by atoms with E-state index in [0.29, 0.717) is 17.7 Å². The van der Waals surface area contributed by atoms with Gasteiger partial charge in [0.25, 0.3) is 0 Å². The van der Waals surface area contributed by atoms with E-state index in [2.05, 4.69) is 10.6 Å². The van der Waals surface area contributed by atoms with E-state index in [0.717, 1.165) is 5.56 Å². The molecule has 116 valence electrons. The topological polar surface area (TPSA) is 91.6 Å². The second kappa shape index (κ2) is 7.42. The van der Waals surface area contributed by atoms with Crippen LogP contribution in [0.15, 0.2) is 47.3 Å². The van der Waals surface area contributed by atoms with Gasteiger partial charge in [0.05, 0.1) is 18.6 Å². The van der Waals surface area contributed by atoms with Gasteiger partial charge in [0.2, 0.25) is 0 Å². The van der Waals surface area contributed by atoms with Crippen LogP contribution in [0, 0.1) is 6.92 Å². The first kappa shape index (κ1) is 15.8. The van der Waals surface area contributed by atoms with Gasteiger partial charge in [0.15, 0.2) is 0 Å². The first-order valence-electron chi connectivity index (χ1n) is 6.93. The second-order valence-corrected chi connectivity index (χ2v) is 4.89. The summed E-state index contributed by atoms with van der Waals surface area (Å²) in [5, 5.41) is 14.8. The first-order valence-corrected chi connectivity index (χ1v) is 6.93. The largest absolute Gasteiger partial charge is 0.472 e. The van der Waals surface area contributed by atoms with Crippen LogP contribution >= 0.6 is 0 Å². The summed E-state index contributed by atoms with van der Waals surface area (Å²) in [4.78, 5) is 23.5. The van der Waals surface area contributed by atoms with Gasteiger partial charge in [0.1, 0.15) is 0 Å². The molecular weight excluding hydrogens is 284 g/mol. The number of aryl methyl sites for hydroxylation is 1. The number of aliphatic hydroxyl groups excluding tert-OH is 1. The number of para-hydroxylation sites is 1. The fourth-order valence-corrected chi connectivity index (χ4v) is 1.93. The summed E-state index contributed by atoms with van der Waals surface area (Å²) in [5.74, 6) is -1.46. The molecule has 0 radical (unpaired) electrons. The Morgan fingerprint density at radius 2 is 2.00 bits per heavy atom. The number of furan rings is 1. The molecule has 6 nitrogen and oxygen atoms in total. The maximum absolute atomic E-state index is 11.8. The van der Waals surface area contributed by atoms with E-state index in [-0.39, 0.29) is 6.54 Å². The smallest absolute Gasteiger partial charge is 0.313 e. The summed E-state index contributed by atoms with van der Waals surface area (Å²) in [5.41, 5.74) is 2.11. The maximum atomic E-state index is 11.8. The third-order valence-electron chi connectivity index (χ3n) is 3.23. The van der Waals surface area contributed by atoms with Crippen molar-refractivity contribution in [3.05, 3.63) is 54.0 Å². The van der Waals surface area contributed by atoms with E-state index in [1.54, 1.807) is 18.2 Å². The number of rotatable bonds is 5. The molecule has 0 aliphatic carbocycles. The van der Waals surface area contributed by atoms with Crippen LogP contribution in [-0.4, -0.2) is 23.5 Å². The lowest BCUT2D eigenvalue weighted by atomic mass is 10.1. The molecule has 1 aromatic carbocycles. The van der Waals surface area contributed by atoms with Gasteiger partial charge in [-0.2, -0.15) is 0 Å². The second-order valence-electron chi connectivity index (χ2n) is 4.89. The number of aliphatic hydroxyl groups is 1. The Morgan fingerprint density at radius 1 is 1.23 bits per heavy atom. The SMILES string of the molecule is Cc1ccccc1NC(=O)C(=O)NCCC(O)c1ccoc1. The van der Waals surface area contributed by atoms with Crippen molar-refractivity contribution < 1.29 is 19.1 Å². The predicted octanol–water partition coefficient (Wildman–Crippen LogP) is 1.77. The highest BCUT2D eigenvalue weighted by Crippen LogP contribution is 2.16. The van der Waals surface area contributed by atoms with Gasteiger partial charge in [-0.3, -0.25) is 9.59 Å². The van der Waals surface area contributed by atoms with Crippen LogP contribution in [0.1, 0.15) is 23.7 Å². The highest BCUT2D eigenvalue weighted by atomic mass is 16.3. The van der Waals surface area contributed by atoms with Gasteiger partial charge in [-0.05, 0) is 31.0 Å². The molecule has 1 heterocycles. The number of carbonyl (C=O) groups is 2. The molecule has 1 atom stereocenters. The molecule has 0 saturated heterocycles. The minimum atomic E-state index is -0.738. The van der Waals surface area contributed by atoms with Gasteiger partial charge in [-0.25, -0.2) is 0 Å². The monoisotopic (exact) mass is 302 g/mol. The standard InChI is InChI=1S/C16H18N2O4/c1-11-4-2-3-5-13(11)18-16(21)15(20)17-8-6-14(19)12-7-9-22-10-12/h2-5,7,9-10,14,19H,6,8H2,1H3,(H,17,20)(H,18,21). The van der Waals surface area contributed by atoms with Crippen LogP contribution < -0.4 is 10.6 Å². The van der Waals surface area contributed by atoms with Crippen molar-refractivity contribution in [2.45, 2.75) is 19.4 Å². The highest BCUT2D eigenvalue weighted by molar-refractivity contribution is 6.39. The number of carbonyl (C=O) groups excluding carboxylic acids is 2. The van der Waals surface area contributed by atoms with Crippen LogP contribution in [0.25, 0.3) is 0 Å². The average Bonchev–Trinajstić information content (AvgIpc) is 3.03. The molecule has 22 heavy (non-hydrogen) atoms. The number of benzene rings is 1. The van der Waals surface area contributed by atoms with E-state index in [9.17, 15) is 14.7 Å². The average molecular weight is 302 g/mol. The van der Waals surface area contributed by atoms with Gasteiger partial charge >= 0.3 is 11.8 Å². The Hall–Kier alpha value is -2.60. The molecule has 1 aromatic heterocycles. The van der Waals surface area contributed by atoms with Crippen molar-refractivity contribution in [2.24, 2.45) is 0 Å². The van der Waals surface area contributed by atoms with E-state index in [4.69, 9.17) is 4.42 Å². The minimum absolute atomic E-state index is 0.187. The van der Waals surface area contributed by atoms with Crippen LogP contribution in [-0.2, 0) is 9.59 Å². The molecule has 1 unspecified atom stereocenters. The van der Waals surface area contributed by atoms with Crippen molar-refractivity contribution in [3.63, 3.8) is 0 Å². The lowest BCUT2D eigenvalue weighted by Gasteiger charge is -2.10. The third kappa shape index (κ3) is 4.20. The molecule has 0 aliphatic heterocycles. The van der Waals surface area contributed by atoms with Crippen LogP contribution in [0.5, 0.6) is 0 Å². The number of anilines is 1. The highest BCUT2D eigenvalue weighted by Gasteiger charge is 2.15. The van der Waals surface area contributed by atoms with E-state index >= 15 is 0 Å². The van der Waals surface area contributed by atoms with E-state index < -0.39 is 17.9 Å². The molecule has 0 spiro atoms. The summed E-state index contributed by atoms with van der Waals surface area (Å²) < 4.78 is 4.87. The van der Waals surface area contributed by atoms with E-state index in [1.165, 1.54) is 12.5 Å². The third-order valence-corrected chi connectivity index (χ3v) is 3.23. The fourth-order valence-electron chi connectivity index (χ4n) is 1.93. The lowest BCUT2D eigenvalue weighted by molar-refractivity contribution is -0.136. The molecule has 3 N–H and O–H groups in total. The molecule has 6 heteroatoms. The predicted molar refractivity (Wildman–Crippen MR) is 81.1 cm³/mol. The molecule has 0 aliphatic rings. The fraction of sp³-hybridized carbons (Fsp3) is 0.250. The first-order chi connectivity index (χ1) is 10.6. The van der Waals surface area contributed by atoms with E-state index in [1.807, 2.05) is 19.1 Å². The van der Waals surface area contributed by atoms with Crippen LogP contribution in [0.2, 0.25) is 0 Å². The Bertz CT molecular complexity index is 637. The zero-order valence-electron chi connectivity index (χ0n) is 12.2. The van der Waals surface area contributed by atoms with Crippen molar-refractivity contribution in [1.82, 2.24) is 5.32 Å². The molecule has 0 fully saturated rings. The Kier molecular flexibility index (Phi) is 5.32. The number of nitrogens with one attached hydrogen (secondary N) is 2. The zero-order chi connectivity index (χ0) is 15.9. The van der Waals surface area contributed by atoms with Crippen molar-refractivity contribution in [2.75, 3.05) is 11.9 Å².